The van der Waals surface area contributed by atoms with Crippen LogP contribution in [0.4, 0.5) is 4.39 Å². The fourth-order valence-corrected chi connectivity index (χ4v) is 3.15. The minimum atomic E-state index is -0.241. The van der Waals surface area contributed by atoms with Crippen molar-refractivity contribution in [1.82, 2.24) is 0 Å². The van der Waals surface area contributed by atoms with Gasteiger partial charge in [-0.05, 0) is 61.3 Å². The van der Waals surface area contributed by atoms with Gasteiger partial charge in [0.25, 0.3) is 0 Å². The van der Waals surface area contributed by atoms with Crippen molar-refractivity contribution in [2.45, 2.75) is 45.1 Å². The number of hydrogen-bond donors (Lipinski definition) is 1. The molecule has 3 atom stereocenters. The van der Waals surface area contributed by atoms with Gasteiger partial charge >= 0.3 is 0 Å². The van der Waals surface area contributed by atoms with Gasteiger partial charge < -0.3 is 5.73 Å². The van der Waals surface area contributed by atoms with Gasteiger partial charge in [-0.1, -0.05) is 25.4 Å². The van der Waals surface area contributed by atoms with E-state index in [1.807, 2.05) is 0 Å². The highest BCUT2D eigenvalue weighted by Gasteiger charge is 2.34. The van der Waals surface area contributed by atoms with Crippen LogP contribution in [0.2, 0.25) is 5.02 Å². The summed E-state index contributed by atoms with van der Waals surface area (Å²) in [4.78, 5) is 0. The molecule has 0 saturated heterocycles. The molecule has 100 valence electrons. The van der Waals surface area contributed by atoms with E-state index in [1.54, 1.807) is 6.07 Å². The maximum atomic E-state index is 13.3. The van der Waals surface area contributed by atoms with Gasteiger partial charge in [0.15, 0.2) is 0 Å². The monoisotopic (exact) mass is 269 g/mol. The summed E-state index contributed by atoms with van der Waals surface area (Å²) in [6, 6.07) is 4.52. The summed E-state index contributed by atoms with van der Waals surface area (Å²) in [7, 11) is 0. The van der Waals surface area contributed by atoms with Crippen LogP contribution >= 0.6 is 11.6 Å². The third kappa shape index (κ3) is 3.04. The first-order valence-corrected chi connectivity index (χ1v) is 7.00. The van der Waals surface area contributed by atoms with E-state index >= 15 is 0 Å². The van der Waals surface area contributed by atoms with E-state index < -0.39 is 0 Å². The molecular formula is C15H21ClFN. The van der Waals surface area contributed by atoms with Gasteiger partial charge in [-0.15, -0.1) is 0 Å². The molecule has 1 aromatic rings. The molecular weight excluding hydrogens is 249 g/mol. The Balaban J connectivity index is 2.15. The largest absolute Gasteiger partial charge is 0.325 e. The molecule has 0 amide bonds. The Morgan fingerprint density at radius 2 is 2.11 bits per heavy atom. The second-order valence-electron chi connectivity index (χ2n) is 5.97. The lowest BCUT2D eigenvalue weighted by Gasteiger charge is -2.40. The Labute approximate surface area is 114 Å². The van der Waals surface area contributed by atoms with Crippen molar-refractivity contribution < 1.29 is 4.39 Å². The lowest BCUT2D eigenvalue weighted by atomic mass is 9.69. The highest BCUT2D eigenvalue weighted by atomic mass is 35.5. The molecule has 1 fully saturated rings. The molecule has 0 bridgehead atoms. The average Bonchev–Trinajstić information content (AvgIpc) is 2.29. The molecule has 0 aliphatic heterocycles. The van der Waals surface area contributed by atoms with Crippen LogP contribution in [-0.2, 0) is 6.42 Å². The minimum absolute atomic E-state index is 0.233. The van der Waals surface area contributed by atoms with Gasteiger partial charge in [0, 0.05) is 10.6 Å². The molecule has 3 heteroatoms. The molecule has 3 unspecified atom stereocenters. The Morgan fingerprint density at radius 3 is 2.78 bits per heavy atom. The summed E-state index contributed by atoms with van der Waals surface area (Å²) in [5.41, 5.74) is 7.08. The first kappa shape index (κ1) is 13.8. The van der Waals surface area contributed by atoms with Crippen LogP contribution in [0.1, 0.15) is 38.7 Å². The third-order valence-corrected chi connectivity index (χ3v) is 4.72. The van der Waals surface area contributed by atoms with Gasteiger partial charge in [-0.2, -0.15) is 0 Å². The Kier molecular flexibility index (Phi) is 3.98. The van der Waals surface area contributed by atoms with Crippen molar-refractivity contribution in [2.75, 3.05) is 0 Å². The van der Waals surface area contributed by atoms with E-state index in [0.29, 0.717) is 17.4 Å². The maximum absolute atomic E-state index is 13.3. The number of rotatable bonds is 2. The molecule has 0 spiro atoms. The zero-order valence-electron chi connectivity index (χ0n) is 11.0. The molecule has 1 nitrogen and oxygen atoms in total. The molecule has 1 saturated carbocycles. The van der Waals surface area contributed by atoms with Crippen molar-refractivity contribution in [3.05, 3.63) is 34.6 Å². The lowest BCUT2D eigenvalue weighted by molar-refractivity contribution is 0.175. The van der Waals surface area contributed by atoms with Gasteiger partial charge in [-0.3, -0.25) is 0 Å². The molecule has 2 N–H and O–H groups in total. The van der Waals surface area contributed by atoms with E-state index in [4.69, 9.17) is 17.3 Å². The summed E-state index contributed by atoms with van der Waals surface area (Å²) < 4.78 is 13.3. The van der Waals surface area contributed by atoms with Crippen LogP contribution in [-0.4, -0.2) is 5.54 Å². The summed E-state index contributed by atoms with van der Waals surface area (Å²) in [5.74, 6) is 1.11. The van der Waals surface area contributed by atoms with Crippen molar-refractivity contribution in [3.63, 3.8) is 0 Å². The van der Waals surface area contributed by atoms with Crippen LogP contribution < -0.4 is 5.73 Å². The van der Waals surface area contributed by atoms with Crippen molar-refractivity contribution >= 4 is 11.6 Å². The second kappa shape index (κ2) is 5.18. The quantitative estimate of drug-likeness (QED) is 0.857. The number of halogens is 2. The zero-order chi connectivity index (χ0) is 13.3. The van der Waals surface area contributed by atoms with E-state index in [1.165, 1.54) is 12.1 Å². The topological polar surface area (TPSA) is 26.0 Å². The van der Waals surface area contributed by atoms with Crippen molar-refractivity contribution in [2.24, 2.45) is 17.6 Å². The highest BCUT2D eigenvalue weighted by molar-refractivity contribution is 6.31. The van der Waals surface area contributed by atoms with E-state index in [9.17, 15) is 4.39 Å². The van der Waals surface area contributed by atoms with Crippen LogP contribution in [0.5, 0.6) is 0 Å². The minimum Gasteiger partial charge on any atom is -0.325 e. The van der Waals surface area contributed by atoms with Crippen molar-refractivity contribution in [1.29, 1.82) is 0 Å². The fraction of sp³-hybridized carbons (Fsp3) is 0.600. The Hall–Kier alpha value is -0.600. The standard InChI is InChI=1S/C15H21ClFN/c1-10-5-6-15(18,8-11(10)2)9-12-7-13(17)3-4-14(12)16/h3-4,7,10-11H,5-6,8-9,18H2,1-2H3. The van der Waals surface area contributed by atoms with Gasteiger partial charge in [0.2, 0.25) is 0 Å². The normalized spacial score (nSPS) is 32.5. The summed E-state index contributed by atoms with van der Waals surface area (Å²) >= 11 is 6.12. The van der Waals surface area contributed by atoms with E-state index in [-0.39, 0.29) is 11.4 Å². The Morgan fingerprint density at radius 1 is 1.39 bits per heavy atom. The first-order chi connectivity index (χ1) is 8.39. The third-order valence-electron chi connectivity index (χ3n) is 4.35. The molecule has 18 heavy (non-hydrogen) atoms. The summed E-state index contributed by atoms with van der Waals surface area (Å²) in [6.07, 6.45) is 3.79. The van der Waals surface area contributed by atoms with Crippen LogP contribution in [0.25, 0.3) is 0 Å². The van der Waals surface area contributed by atoms with E-state index in [2.05, 4.69) is 13.8 Å². The van der Waals surface area contributed by atoms with Gasteiger partial charge in [-0.25, -0.2) is 4.39 Å². The summed E-state index contributed by atoms with van der Waals surface area (Å²) in [6.45, 7) is 4.53. The predicted molar refractivity (Wildman–Crippen MR) is 74.2 cm³/mol. The van der Waals surface area contributed by atoms with E-state index in [0.717, 1.165) is 30.7 Å². The van der Waals surface area contributed by atoms with Crippen LogP contribution in [0.3, 0.4) is 0 Å². The molecule has 1 aromatic carbocycles. The maximum Gasteiger partial charge on any atom is 0.123 e. The molecule has 0 radical (unpaired) electrons. The molecule has 1 aliphatic rings. The van der Waals surface area contributed by atoms with Crippen LogP contribution in [0.15, 0.2) is 18.2 Å². The molecule has 1 aliphatic carbocycles. The summed E-state index contributed by atoms with van der Waals surface area (Å²) in [5, 5.41) is 0.618. The number of nitrogens with two attached hydrogens (primary N) is 1. The van der Waals surface area contributed by atoms with Crippen molar-refractivity contribution in [3.8, 4) is 0 Å². The van der Waals surface area contributed by atoms with Crippen LogP contribution in [0, 0.1) is 17.7 Å². The second-order valence-corrected chi connectivity index (χ2v) is 6.38. The molecule has 0 aromatic heterocycles. The number of benzene rings is 1. The average molecular weight is 270 g/mol. The number of hydrogen-bond acceptors (Lipinski definition) is 1. The highest BCUT2D eigenvalue weighted by Crippen LogP contribution is 2.37. The zero-order valence-corrected chi connectivity index (χ0v) is 11.8. The smallest absolute Gasteiger partial charge is 0.123 e. The fourth-order valence-electron chi connectivity index (χ4n) is 2.96. The molecule has 2 rings (SSSR count). The predicted octanol–water partition coefficient (Wildman–Crippen LogP) is 4.18. The van der Waals surface area contributed by atoms with Gasteiger partial charge in [0.1, 0.15) is 5.82 Å². The first-order valence-electron chi connectivity index (χ1n) is 6.62. The lowest BCUT2D eigenvalue weighted by Crippen LogP contribution is -2.47. The molecule has 0 heterocycles. The Bertz CT molecular complexity index is 435. The van der Waals surface area contributed by atoms with Gasteiger partial charge in [0.05, 0.1) is 0 Å². The SMILES string of the molecule is CC1CCC(N)(Cc2cc(F)ccc2Cl)CC1C.